The SMILES string of the molecule is CCOC(CO/N=C\C(=O)OS(=O)(=O)c1ccc(C)cc1)c1csc(NC(c2ccccc2)(c2ccccc2)c2ccccc2)n1. The van der Waals surface area contributed by atoms with Gasteiger partial charge in [-0.05, 0) is 42.7 Å². The third kappa shape index (κ3) is 7.68. The number of aromatic nitrogens is 1. The van der Waals surface area contributed by atoms with Gasteiger partial charge in [0.05, 0.1) is 5.69 Å². The van der Waals surface area contributed by atoms with Crippen molar-refractivity contribution < 1.29 is 27.0 Å². The van der Waals surface area contributed by atoms with E-state index in [1.54, 1.807) is 12.1 Å². The van der Waals surface area contributed by atoms with Crippen molar-refractivity contribution in [1.29, 1.82) is 0 Å². The molecule has 236 valence electrons. The number of rotatable bonds is 14. The van der Waals surface area contributed by atoms with Gasteiger partial charge in [0.1, 0.15) is 23.1 Å². The summed E-state index contributed by atoms with van der Waals surface area (Å²) < 4.78 is 35.2. The van der Waals surface area contributed by atoms with Crippen LogP contribution < -0.4 is 5.32 Å². The van der Waals surface area contributed by atoms with E-state index in [4.69, 9.17) is 14.6 Å². The number of hydrogen-bond acceptors (Lipinski definition) is 10. The highest BCUT2D eigenvalue weighted by Crippen LogP contribution is 2.41. The summed E-state index contributed by atoms with van der Waals surface area (Å²) in [4.78, 5) is 22.2. The first-order valence-corrected chi connectivity index (χ1v) is 16.8. The van der Waals surface area contributed by atoms with Gasteiger partial charge in [-0.15, -0.1) is 11.3 Å². The molecule has 1 heterocycles. The van der Waals surface area contributed by atoms with Crippen LogP contribution in [0, 0.1) is 6.92 Å². The fourth-order valence-corrected chi connectivity index (χ4v) is 6.56. The van der Waals surface area contributed by atoms with E-state index in [0.29, 0.717) is 23.6 Å². The summed E-state index contributed by atoms with van der Waals surface area (Å²) in [5.74, 6) is -1.19. The smallest absolute Gasteiger partial charge is 0.368 e. The highest BCUT2D eigenvalue weighted by Gasteiger charge is 2.37. The van der Waals surface area contributed by atoms with Crippen molar-refractivity contribution in [2.24, 2.45) is 5.16 Å². The zero-order chi connectivity index (χ0) is 32.4. The van der Waals surface area contributed by atoms with E-state index in [0.717, 1.165) is 22.3 Å². The van der Waals surface area contributed by atoms with Gasteiger partial charge in [-0.25, -0.2) is 9.78 Å². The zero-order valence-corrected chi connectivity index (χ0v) is 26.9. The summed E-state index contributed by atoms with van der Waals surface area (Å²) in [6.07, 6.45) is 0.0531. The molecule has 46 heavy (non-hydrogen) atoms. The monoisotopic (exact) mass is 655 g/mol. The lowest BCUT2D eigenvalue weighted by molar-refractivity contribution is -0.126. The Balaban J connectivity index is 1.33. The number of benzene rings is 4. The molecule has 11 heteroatoms. The number of hydrogen-bond donors (Lipinski definition) is 1. The van der Waals surface area contributed by atoms with Crippen LogP contribution >= 0.6 is 11.3 Å². The molecule has 0 bridgehead atoms. The fourth-order valence-electron chi connectivity index (χ4n) is 4.93. The molecule has 0 amide bonds. The first kappa shape index (κ1) is 32.6. The van der Waals surface area contributed by atoms with Gasteiger partial charge in [0.25, 0.3) is 0 Å². The van der Waals surface area contributed by atoms with Crippen LogP contribution in [-0.4, -0.2) is 38.8 Å². The van der Waals surface area contributed by atoms with Crippen LogP contribution in [0.4, 0.5) is 5.13 Å². The van der Waals surface area contributed by atoms with Gasteiger partial charge in [-0.3, -0.25) is 0 Å². The van der Waals surface area contributed by atoms with Crippen LogP contribution in [-0.2, 0) is 34.2 Å². The van der Waals surface area contributed by atoms with Crippen LogP contribution in [0.1, 0.15) is 41.0 Å². The van der Waals surface area contributed by atoms with Gasteiger partial charge in [0.15, 0.2) is 11.3 Å². The van der Waals surface area contributed by atoms with Gasteiger partial charge in [0.2, 0.25) is 0 Å². The molecule has 4 aromatic carbocycles. The van der Waals surface area contributed by atoms with Gasteiger partial charge >= 0.3 is 16.1 Å². The Morgan fingerprint density at radius 1 is 0.891 bits per heavy atom. The molecule has 0 fully saturated rings. The second-order valence-corrected chi connectivity index (χ2v) is 12.6. The molecule has 0 aliphatic heterocycles. The quantitative estimate of drug-likeness (QED) is 0.0597. The van der Waals surface area contributed by atoms with E-state index in [1.807, 2.05) is 73.8 Å². The van der Waals surface area contributed by atoms with Crippen LogP contribution in [0.25, 0.3) is 0 Å². The Hall–Kier alpha value is -4.84. The number of nitrogens with one attached hydrogen (secondary N) is 1. The fraction of sp³-hybridized carbons (Fsp3) is 0.171. The Morgan fingerprint density at radius 2 is 1.43 bits per heavy atom. The summed E-state index contributed by atoms with van der Waals surface area (Å²) in [7, 11) is -4.29. The summed E-state index contributed by atoms with van der Waals surface area (Å²) in [6.45, 7) is 3.96. The van der Waals surface area contributed by atoms with Gasteiger partial charge < -0.3 is 19.1 Å². The van der Waals surface area contributed by atoms with Crippen molar-refractivity contribution in [2.75, 3.05) is 18.5 Å². The summed E-state index contributed by atoms with van der Waals surface area (Å²) in [6, 6.07) is 36.5. The minimum Gasteiger partial charge on any atom is -0.392 e. The van der Waals surface area contributed by atoms with E-state index in [2.05, 4.69) is 51.1 Å². The van der Waals surface area contributed by atoms with Gasteiger partial charge in [-0.1, -0.05) is 114 Å². The first-order chi connectivity index (χ1) is 22.3. The average molecular weight is 656 g/mol. The van der Waals surface area contributed by atoms with E-state index < -0.39 is 27.7 Å². The number of carbonyl (C=O) groups excluding carboxylic acids is 1. The topological polar surface area (TPSA) is 116 Å². The lowest BCUT2D eigenvalue weighted by Crippen LogP contribution is -2.38. The van der Waals surface area contributed by atoms with Crippen molar-refractivity contribution in [2.45, 2.75) is 30.4 Å². The molecule has 0 saturated carbocycles. The maximum Gasteiger partial charge on any atom is 0.368 e. The molecular weight excluding hydrogens is 623 g/mol. The van der Waals surface area contributed by atoms with E-state index in [1.165, 1.54) is 23.5 Å². The summed E-state index contributed by atoms with van der Waals surface area (Å²) >= 11 is 1.43. The van der Waals surface area contributed by atoms with Crippen LogP contribution in [0.2, 0.25) is 0 Å². The second-order valence-electron chi connectivity index (χ2n) is 10.2. The van der Waals surface area contributed by atoms with Crippen molar-refractivity contribution in [3.05, 3.63) is 149 Å². The van der Waals surface area contributed by atoms with Crippen LogP contribution in [0.15, 0.2) is 131 Å². The number of ether oxygens (including phenoxy) is 1. The Bertz CT molecular complexity index is 1750. The molecular formula is C35H33N3O6S2. The summed E-state index contributed by atoms with van der Waals surface area (Å²) in [5, 5.41) is 9.89. The Kier molecular flexibility index (Phi) is 10.6. The van der Waals surface area contributed by atoms with Crippen LogP contribution in [0.3, 0.4) is 0 Å². The third-order valence-corrected chi connectivity index (χ3v) is 9.10. The van der Waals surface area contributed by atoms with Crippen molar-refractivity contribution in [1.82, 2.24) is 4.98 Å². The maximum atomic E-state index is 12.4. The molecule has 0 radical (unpaired) electrons. The Labute approximate surface area is 272 Å². The number of carbonyl (C=O) groups is 1. The minimum absolute atomic E-state index is 0.0767. The lowest BCUT2D eigenvalue weighted by Gasteiger charge is -2.36. The maximum absolute atomic E-state index is 12.4. The molecule has 0 saturated heterocycles. The predicted molar refractivity (Wildman–Crippen MR) is 178 cm³/mol. The standard InChI is InChI=1S/C35H33N3O6S2/c1-3-42-32(24-43-36-23-33(39)44-46(40,41)30-21-19-26(2)20-22-30)31-25-45-34(37-31)38-35(27-13-7-4-8-14-27,28-15-9-5-10-16-28)29-17-11-6-12-18-29/h4-23,25,32H,3,24H2,1-2H3,(H,37,38)/b36-23-. The number of oxime groups is 1. The molecule has 1 unspecified atom stereocenters. The largest absolute Gasteiger partial charge is 0.392 e. The van der Waals surface area contributed by atoms with Crippen LogP contribution in [0.5, 0.6) is 0 Å². The highest BCUT2D eigenvalue weighted by atomic mass is 32.2. The van der Waals surface area contributed by atoms with Crippen molar-refractivity contribution >= 4 is 38.8 Å². The molecule has 9 nitrogen and oxygen atoms in total. The second kappa shape index (κ2) is 15.0. The molecule has 0 aliphatic carbocycles. The third-order valence-electron chi connectivity index (χ3n) is 7.09. The Morgan fingerprint density at radius 3 is 1.96 bits per heavy atom. The van der Waals surface area contributed by atoms with E-state index >= 15 is 0 Å². The minimum atomic E-state index is -4.29. The molecule has 1 atom stereocenters. The number of anilines is 1. The molecule has 1 N–H and O–H groups in total. The number of thiazole rings is 1. The average Bonchev–Trinajstić information content (AvgIpc) is 3.54. The number of aryl methyl sites for hydroxylation is 1. The van der Waals surface area contributed by atoms with Crippen molar-refractivity contribution in [3.63, 3.8) is 0 Å². The van der Waals surface area contributed by atoms with Gasteiger partial charge in [0, 0.05) is 12.0 Å². The van der Waals surface area contributed by atoms with E-state index in [9.17, 15) is 13.2 Å². The zero-order valence-electron chi connectivity index (χ0n) is 25.3. The highest BCUT2D eigenvalue weighted by molar-refractivity contribution is 7.87. The summed E-state index contributed by atoms with van der Waals surface area (Å²) in [5.41, 5.74) is 3.85. The normalized spacial score (nSPS) is 12.5. The molecule has 5 rings (SSSR count). The predicted octanol–water partition coefficient (Wildman–Crippen LogP) is 6.87. The molecule has 1 aromatic heterocycles. The molecule has 0 aliphatic rings. The van der Waals surface area contributed by atoms with E-state index in [-0.39, 0.29) is 11.5 Å². The number of nitrogens with zero attached hydrogens (tertiary/aromatic N) is 2. The lowest BCUT2D eigenvalue weighted by atomic mass is 9.77. The molecule has 5 aromatic rings. The first-order valence-electron chi connectivity index (χ1n) is 14.5. The molecule has 0 spiro atoms. The van der Waals surface area contributed by atoms with Crippen molar-refractivity contribution in [3.8, 4) is 0 Å². The van der Waals surface area contributed by atoms with Gasteiger partial charge in [-0.2, -0.15) is 8.42 Å².